The van der Waals surface area contributed by atoms with Crippen molar-refractivity contribution in [3.8, 4) is 0 Å². The van der Waals surface area contributed by atoms with Crippen LogP contribution in [0.4, 0.5) is 4.79 Å². The van der Waals surface area contributed by atoms with Crippen LogP contribution in [0.15, 0.2) is 0 Å². The van der Waals surface area contributed by atoms with Crippen LogP contribution in [-0.2, 0) is 15.9 Å². The second-order valence-corrected chi connectivity index (χ2v) is 7.64. The molecule has 2 amide bonds. The van der Waals surface area contributed by atoms with Crippen LogP contribution in [0.25, 0.3) is 0 Å². The lowest BCUT2D eigenvalue weighted by molar-refractivity contribution is -0.0172. The predicted octanol–water partition coefficient (Wildman–Crippen LogP) is 2.38. The van der Waals surface area contributed by atoms with Gasteiger partial charge in [0.1, 0.15) is 5.60 Å². The van der Waals surface area contributed by atoms with Gasteiger partial charge in [0.2, 0.25) is 0 Å². The normalized spacial score (nSPS) is 20.8. The summed E-state index contributed by atoms with van der Waals surface area (Å²) in [7, 11) is 1.56. The highest BCUT2D eigenvalue weighted by Gasteiger charge is 2.35. The maximum atomic E-state index is 12.4. The summed E-state index contributed by atoms with van der Waals surface area (Å²) >= 11 is 5.99. The van der Waals surface area contributed by atoms with Gasteiger partial charge in [-0.25, -0.2) is 9.78 Å². The summed E-state index contributed by atoms with van der Waals surface area (Å²) in [5.41, 5.74) is 0.167. The number of likely N-dealkylation sites (tertiary alicyclic amines) is 1. The van der Waals surface area contributed by atoms with Crippen LogP contribution in [0.5, 0.6) is 0 Å². The minimum atomic E-state index is -0.555. The van der Waals surface area contributed by atoms with E-state index >= 15 is 0 Å². The fraction of sp³-hybridized carbons (Fsp3) is 0.706. The van der Waals surface area contributed by atoms with Gasteiger partial charge in [-0.15, -0.1) is 0 Å². The van der Waals surface area contributed by atoms with E-state index in [1.807, 2.05) is 27.7 Å². The number of piperidine rings is 1. The highest BCUT2D eigenvalue weighted by Crippen LogP contribution is 2.18. The third-order valence-corrected chi connectivity index (χ3v) is 4.44. The molecule has 2 N–H and O–H groups in total. The van der Waals surface area contributed by atoms with Gasteiger partial charge in [0.15, 0.2) is 11.0 Å². The smallest absolute Gasteiger partial charge is 0.410 e. The van der Waals surface area contributed by atoms with E-state index in [-0.39, 0.29) is 30.0 Å². The molecule has 1 aromatic rings. The van der Waals surface area contributed by atoms with E-state index in [1.54, 1.807) is 12.0 Å². The topological polar surface area (TPSA) is 96.6 Å². The molecule has 0 radical (unpaired) electrons. The predicted molar refractivity (Wildman–Crippen MR) is 97.5 cm³/mol. The van der Waals surface area contributed by atoms with Gasteiger partial charge < -0.3 is 24.7 Å². The van der Waals surface area contributed by atoms with Crippen LogP contribution in [0.1, 0.15) is 50.4 Å². The Hall–Kier alpha value is -1.80. The average Bonchev–Trinajstić information content (AvgIpc) is 2.94. The molecule has 9 heteroatoms. The van der Waals surface area contributed by atoms with Crippen molar-refractivity contribution in [3.05, 3.63) is 16.7 Å². The van der Waals surface area contributed by atoms with E-state index in [0.29, 0.717) is 31.1 Å². The van der Waals surface area contributed by atoms with Gasteiger partial charge in [-0.3, -0.25) is 4.79 Å². The average molecular weight is 387 g/mol. The summed E-state index contributed by atoms with van der Waals surface area (Å²) in [6, 6.07) is -0.236. The number of aryl methyl sites for hydroxylation is 1. The number of hydrogen-bond acceptors (Lipinski definition) is 5. The number of aromatic amines is 1. The Morgan fingerprint density at radius 2 is 2.12 bits per heavy atom. The Morgan fingerprint density at radius 3 is 2.65 bits per heavy atom. The number of aromatic nitrogens is 2. The van der Waals surface area contributed by atoms with Gasteiger partial charge in [0, 0.05) is 13.7 Å². The molecule has 26 heavy (non-hydrogen) atoms. The number of H-pyrrole nitrogens is 1. The van der Waals surface area contributed by atoms with Gasteiger partial charge >= 0.3 is 6.09 Å². The first kappa shape index (κ1) is 20.5. The number of methoxy groups -OCH3 is 1. The standard InChI is InChI=1S/C17H27ClN4O4/c1-6-10-13(18)21-14(19-10)15(23)20-11-7-8-22(9-12(11)25-5)16(24)26-17(2,3)4/h11-12H,6-9H2,1-5H3,(H,19,21)(H,20,23)/t11-,12+/m1/s1. The highest BCUT2D eigenvalue weighted by molar-refractivity contribution is 6.30. The molecular formula is C17H27ClN4O4. The van der Waals surface area contributed by atoms with Crippen molar-refractivity contribution in [2.45, 2.75) is 58.3 Å². The molecule has 2 atom stereocenters. The molecule has 0 aromatic carbocycles. The molecule has 0 bridgehead atoms. The summed E-state index contributed by atoms with van der Waals surface area (Å²) in [5, 5.41) is 3.22. The van der Waals surface area contributed by atoms with Gasteiger partial charge in [-0.1, -0.05) is 18.5 Å². The number of imidazole rings is 1. The first-order valence-electron chi connectivity index (χ1n) is 8.70. The number of ether oxygens (including phenoxy) is 2. The minimum Gasteiger partial charge on any atom is -0.444 e. The van der Waals surface area contributed by atoms with Crippen molar-refractivity contribution < 1.29 is 19.1 Å². The number of nitrogens with one attached hydrogen (secondary N) is 2. The lowest BCUT2D eigenvalue weighted by atomic mass is 10.0. The van der Waals surface area contributed by atoms with E-state index in [0.717, 1.165) is 5.69 Å². The molecule has 1 saturated heterocycles. The molecule has 0 unspecified atom stereocenters. The van der Waals surface area contributed by atoms with Gasteiger partial charge in [-0.2, -0.15) is 0 Å². The van der Waals surface area contributed by atoms with Crippen molar-refractivity contribution in [2.24, 2.45) is 0 Å². The van der Waals surface area contributed by atoms with Crippen LogP contribution in [0.2, 0.25) is 5.15 Å². The number of amides is 2. The number of halogens is 1. The maximum absolute atomic E-state index is 12.4. The summed E-state index contributed by atoms with van der Waals surface area (Å²) in [4.78, 5) is 33.2. The van der Waals surface area contributed by atoms with E-state index in [1.165, 1.54) is 0 Å². The van der Waals surface area contributed by atoms with Crippen molar-refractivity contribution >= 4 is 23.6 Å². The number of carbonyl (C=O) groups excluding carboxylic acids is 2. The molecular weight excluding hydrogens is 360 g/mol. The Labute approximate surface area is 158 Å². The van der Waals surface area contributed by atoms with E-state index in [2.05, 4.69) is 15.3 Å². The van der Waals surface area contributed by atoms with E-state index in [9.17, 15) is 9.59 Å². The van der Waals surface area contributed by atoms with Crippen LogP contribution in [0.3, 0.4) is 0 Å². The zero-order valence-corrected chi connectivity index (χ0v) is 16.6. The second kappa shape index (κ2) is 8.26. The van der Waals surface area contributed by atoms with E-state index in [4.69, 9.17) is 21.1 Å². The molecule has 8 nitrogen and oxygen atoms in total. The summed E-state index contributed by atoms with van der Waals surface area (Å²) in [6.45, 7) is 8.21. The van der Waals surface area contributed by atoms with Crippen molar-refractivity contribution in [1.82, 2.24) is 20.2 Å². The minimum absolute atomic E-state index is 0.177. The molecule has 0 saturated carbocycles. The Morgan fingerprint density at radius 1 is 1.42 bits per heavy atom. The van der Waals surface area contributed by atoms with Crippen LogP contribution in [0, 0.1) is 0 Å². The first-order valence-corrected chi connectivity index (χ1v) is 9.08. The SMILES string of the molecule is CCc1[nH]c(C(=O)N[C@@H]2CCN(C(=O)OC(C)(C)C)C[C@@H]2OC)nc1Cl. The molecule has 1 aliphatic heterocycles. The quantitative estimate of drug-likeness (QED) is 0.828. The monoisotopic (exact) mass is 386 g/mol. The molecule has 1 aliphatic rings. The Balaban J connectivity index is 1.98. The number of carbonyl (C=O) groups is 2. The lowest BCUT2D eigenvalue weighted by Gasteiger charge is -2.38. The molecule has 146 valence electrons. The zero-order valence-electron chi connectivity index (χ0n) is 15.9. The second-order valence-electron chi connectivity index (χ2n) is 7.28. The Kier molecular flexibility index (Phi) is 6.52. The highest BCUT2D eigenvalue weighted by atomic mass is 35.5. The maximum Gasteiger partial charge on any atom is 0.410 e. The molecule has 1 aromatic heterocycles. The zero-order chi connectivity index (χ0) is 19.5. The fourth-order valence-corrected chi connectivity index (χ4v) is 3.04. The first-order chi connectivity index (χ1) is 12.1. The summed E-state index contributed by atoms with van der Waals surface area (Å²) in [6.07, 6.45) is 0.498. The number of nitrogens with zero attached hydrogens (tertiary/aromatic N) is 2. The summed E-state index contributed by atoms with van der Waals surface area (Å²) in [5.74, 6) is -0.166. The van der Waals surface area contributed by atoms with Crippen LogP contribution >= 0.6 is 11.6 Å². The van der Waals surface area contributed by atoms with Crippen LogP contribution in [-0.4, -0.2) is 64.8 Å². The number of rotatable bonds is 4. The third-order valence-electron chi connectivity index (χ3n) is 4.13. The Bertz CT molecular complexity index is 656. The molecule has 0 aliphatic carbocycles. The lowest BCUT2D eigenvalue weighted by Crippen LogP contribution is -2.56. The molecule has 2 heterocycles. The number of hydrogen-bond donors (Lipinski definition) is 2. The van der Waals surface area contributed by atoms with Crippen molar-refractivity contribution in [1.29, 1.82) is 0 Å². The largest absolute Gasteiger partial charge is 0.444 e. The summed E-state index contributed by atoms with van der Waals surface area (Å²) < 4.78 is 10.9. The van der Waals surface area contributed by atoms with Gasteiger partial charge in [0.25, 0.3) is 5.91 Å². The van der Waals surface area contributed by atoms with Gasteiger partial charge in [-0.05, 0) is 33.6 Å². The third kappa shape index (κ3) is 5.11. The van der Waals surface area contributed by atoms with Crippen molar-refractivity contribution in [2.75, 3.05) is 20.2 Å². The fourth-order valence-electron chi connectivity index (χ4n) is 2.78. The molecule has 0 spiro atoms. The van der Waals surface area contributed by atoms with Gasteiger partial charge in [0.05, 0.1) is 24.4 Å². The van der Waals surface area contributed by atoms with E-state index < -0.39 is 5.60 Å². The molecule has 1 fully saturated rings. The van der Waals surface area contributed by atoms with Crippen molar-refractivity contribution in [3.63, 3.8) is 0 Å². The molecule has 2 rings (SSSR count). The van der Waals surface area contributed by atoms with Crippen LogP contribution < -0.4 is 5.32 Å².